The zero-order chi connectivity index (χ0) is 9.68. The fourth-order valence-electron chi connectivity index (χ4n) is 1.30. The van der Waals surface area contributed by atoms with Crippen molar-refractivity contribution >= 4 is 11.3 Å². The van der Waals surface area contributed by atoms with Gasteiger partial charge in [-0.3, -0.25) is 5.32 Å². The van der Waals surface area contributed by atoms with Gasteiger partial charge in [-0.1, -0.05) is 25.8 Å². The SMILES string of the molecule is C#CCNC(c1cccs1)C(C)C. The molecule has 0 saturated heterocycles. The number of hydrogen-bond donors (Lipinski definition) is 1. The number of rotatable bonds is 4. The van der Waals surface area contributed by atoms with Gasteiger partial charge in [0.05, 0.1) is 6.54 Å². The first-order chi connectivity index (χ1) is 6.25. The molecule has 0 amide bonds. The van der Waals surface area contributed by atoms with Gasteiger partial charge >= 0.3 is 0 Å². The summed E-state index contributed by atoms with van der Waals surface area (Å²) in [5.41, 5.74) is 0. The van der Waals surface area contributed by atoms with Crippen LogP contribution in [-0.4, -0.2) is 6.54 Å². The van der Waals surface area contributed by atoms with E-state index in [9.17, 15) is 0 Å². The summed E-state index contributed by atoms with van der Waals surface area (Å²) in [4.78, 5) is 1.37. The van der Waals surface area contributed by atoms with Crippen molar-refractivity contribution in [2.75, 3.05) is 6.54 Å². The van der Waals surface area contributed by atoms with Gasteiger partial charge < -0.3 is 0 Å². The minimum absolute atomic E-state index is 0.399. The summed E-state index contributed by atoms with van der Waals surface area (Å²) in [5, 5.41) is 5.45. The molecule has 0 spiro atoms. The maximum Gasteiger partial charge on any atom is 0.0578 e. The van der Waals surface area contributed by atoms with Crippen molar-refractivity contribution in [3.8, 4) is 12.3 Å². The van der Waals surface area contributed by atoms with Crippen LogP contribution in [0.15, 0.2) is 17.5 Å². The molecule has 1 aromatic heterocycles. The molecule has 0 aliphatic carbocycles. The highest BCUT2D eigenvalue weighted by Crippen LogP contribution is 2.25. The van der Waals surface area contributed by atoms with E-state index >= 15 is 0 Å². The van der Waals surface area contributed by atoms with E-state index in [0.717, 1.165) is 0 Å². The van der Waals surface area contributed by atoms with E-state index in [1.54, 1.807) is 11.3 Å². The molecule has 1 aromatic rings. The summed E-state index contributed by atoms with van der Waals surface area (Å²) in [6.07, 6.45) is 5.22. The second-order valence-electron chi connectivity index (χ2n) is 3.32. The Balaban J connectivity index is 2.64. The highest BCUT2D eigenvalue weighted by atomic mass is 32.1. The topological polar surface area (TPSA) is 12.0 Å². The summed E-state index contributed by atoms with van der Waals surface area (Å²) < 4.78 is 0. The Morgan fingerprint density at radius 2 is 2.38 bits per heavy atom. The van der Waals surface area contributed by atoms with Crippen LogP contribution in [0.4, 0.5) is 0 Å². The summed E-state index contributed by atoms with van der Waals surface area (Å²) in [5.74, 6) is 3.18. The first-order valence-electron chi connectivity index (χ1n) is 4.46. The van der Waals surface area contributed by atoms with Gasteiger partial charge in [-0.05, 0) is 17.4 Å². The fourth-order valence-corrected chi connectivity index (χ4v) is 2.28. The number of terminal acetylenes is 1. The van der Waals surface area contributed by atoms with Crippen LogP contribution in [0.1, 0.15) is 24.8 Å². The van der Waals surface area contributed by atoms with Gasteiger partial charge in [-0.2, -0.15) is 0 Å². The van der Waals surface area contributed by atoms with Crippen molar-refractivity contribution in [2.45, 2.75) is 19.9 Å². The van der Waals surface area contributed by atoms with Crippen molar-refractivity contribution in [2.24, 2.45) is 5.92 Å². The standard InChI is InChI=1S/C11H15NS/c1-4-7-12-11(9(2)3)10-6-5-8-13-10/h1,5-6,8-9,11-12H,7H2,2-3H3. The van der Waals surface area contributed by atoms with Crippen LogP contribution in [-0.2, 0) is 0 Å². The van der Waals surface area contributed by atoms with Gasteiger partial charge in [-0.15, -0.1) is 17.8 Å². The summed E-state index contributed by atoms with van der Waals surface area (Å²) in [7, 11) is 0. The highest BCUT2D eigenvalue weighted by molar-refractivity contribution is 7.10. The normalized spacial score (nSPS) is 12.8. The molecule has 0 aromatic carbocycles. The third kappa shape index (κ3) is 2.87. The average Bonchev–Trinajstić information content (AvgIpc) is 2.57. The molecule has 0 aliphatic rings. The molecule has 0 aliphatic heterocycles. The molecule has 1 unspecified atom stereocenters. The quantitative estimate of drug-likeness (QED) is 0.725. The Bertz CT molecular complexity index is 269. The Labute approximate surface area is 84.2 Å². The molecular formula is C11H15NS. The predicted octanol–water partition coefficient (Wildman–Crippen LogP) is 2.67. The minimum Gasteiger partial charge on any atom is -0.298 e. The molecule has 0 bridgehead atoms. The monoisotopic (exact) mass is 193 g/mol. The van der Waals surface area contributed by atoms with E-state index in [-0.39, 0.29) is 0 Å². The van der Waals surface area contributed by atoms with Crippen LogP contribution in [0.3, 0.4) is 0 Å². The lowest BCUT2D eigenvalue weighted by molar-refractivity contribution is 0.437. The Hall–Kier alpha value is -0.780. The van der Waals surface area contributed by atoms with Crippen LogP contribution in [0.5, 0.6) is 0 Å². The zero-order valence-electron chi connectivity index (χ0n) is 8.08. The predicted molar refractivity (Wildman–Crippen MR) is 58.7 cm³/mol. The summed E-state index contributed by atoms with van der Waals surface area (Å²) >= 11 is 1.78. The average molecular weight is 193 g/mol. The molecule has 70 valence electrons. The van der Waals surface area contributed by atoms with Crippen LogP contribution < -0.4 is 5.32 Å². The Morgan fingerprint density at radius 1 is 1.62 bits per heavy atom. The van der Waals surface area contributed by atoms with Gasteiger partial charge in [0, 0.05) is 10.9 Å². The first-order valence-corrected chi connectivity index (χ1v) is 5.34. The van der Waals surface area contributed by atoms with Crippen molar-refractivity contribution in [1.82, 2.24) is 5.32 Å². The number of thiophene rings is 1. The fraction of sp³-hybridized carbons (Fsp3) is 0.455. The van der Waals surface area contributed by atoms with Crippen molar-refractivity contribution in [3.05, 3.63) is 22.4 Å². The second kappa shape index (κ2) is 5.06. The zero-order valence-corrected chi connectivity index (χ0v) is 8.90. The van der Waals surface area contributed by atoms with Crippen LogP contribution >= 0.6 is 11.3 Å². The molecular weight excluding hydrogens is 178 g/mol. The maximum absolute atomic E-state index is 5.22. The third-order valence-corrected chi connectivity index (χ3v) is 2.90. The van der Waals surface area contributed by atoms with E-state index in [1.807, 2.05) is 0 Å². The minimum atomic E-state index is 0.399. The molecule has 1 nitrogen and oxygen atoms in total. The first kappa shape index (κ1) is 10.3. The van der Waals surface area contributed by atoms with Crippen LogP contribution in [0.25, 0.3) is 0 Å². The lowest BCUT2D eigenvalue weighted by atomic mass is 10.0. The Morgan fingerprint density at radius 3 is 2.85 bits per heavy atom. The van der Waals surface area contributed by atoms with Gasteiger partial charge in [-0.25, -0.2) is 0 Å². The smallest absolute Gasteiger partial charge is 0.0578 e. The molecule has 0 saturated carbocycles. The number of hydrogen-bond acceptors (Lipinski definition) is 2. The van der Waals surface area contributed by atoms with E-state index in [0.29, 0.717) is 18.5 Å². The largest absolute Gasteiger partial charge is 0.298 e. The van der Waals surface area contributed by atoms with Crippen LogP contribution in [0.2, 0.25) is 0 Å². The van der Waals surface area contributed by atoms with Gasteiger partial charge in [0.2, 0.25) is 0 Å². The molecule has 1 atom stereocenters. The van der Waals surface area contributed by atoms with Gasteiger partial charge in [0.25, 0.3) is 0 Å². The van der Waals surface area contributed by atoms with E-state index < -0.39 is 0 Å². The van der Waals surface area contributed by atoms with Crippen molar-refractivity contribution < 1.29 is 0 Å². The molecule has 1 heterocycles. The lowest BCUT2D eigenvalue weighted by Crippen LogP contribution is -2.25. The third-order valence-electron chi connectivity index (χ3n) is 1.94. The maximum atomic E-state index is 5.22. The highest BCUT2D eigenvalue weighted by Gasteiger charge is 2.14. The molecule has 0 radical (unpaired) electrons. The molecule has 13 heavy (non-hydrogen) atoms. The van der Waals surface area contributed by atoms with Crippen molar-refractivity contribution in [3.63, 3.8) is 0 Å². The van der Waals surface area contributed by atoms with Gasteiger partial charge in [0.15, 0.2) is 0 Å². The molecule has 1 N–H and O–H groups in total. The van der Waals surface area contributed by atoms with Crippen molar-refractivity contribution in [1.29, 1.82) is 0 Å². The van der Waals surface area contributed by atoms with Gasteiger partial charge in [0.1, 0.15) is 0 Å². The number of nitrogens with one attached hydrogen (secondary N) is 1. The molecule has 1 rings (SSSR count). The summed E-state index contributed by atoms with van der Waals surface area (Å²) in [6.45, 7) is 5.04. The van der Waals surface area contributed by atoms with E-state index in [1.165, 1.54) is 4.88 Å². The van der Waals surface area contributed by atoms with Crippen LogP contribution in [0, 0.1) is 18.3 Å². The second-order valence-corrected chi connectivity index (χ2v) is 4.30. The molecule has 2 heteroatoms. The Kier molecular flexibility index (Phi) is 4.01. The summed E-state index contributed by atoms with van der Waals surface area (Å²) in [6, 6.07) is 4.63. The van der Waals surface area contributed by atoms with E-state index in [4.69, 9.17) is 6.42 Å². The van der Waals surface area contributed by atoms with E-state index in [2.05, 4.69) is 42.6 Å². The lowest BCUT2D eigenvalue weighted by Gasteiger charge is -2.19. The molecule has 0 fully saturated rings.